The molecule has 0 saturated carbocycles. The van der Waals surface area contributed by atoms with E-state index in [1.54, 1.807) is 25.1 Å². The van der Waals surface area contributed by atoms with Crippen LogP contribution in [0.1, 0.15) is 27.7 Å². The van der Waals surface area contributed by atoms with Crippen molar-refractivity contribution in [1.29, 1.82) is 0 Å². The molecule has 2 aromatic carbocycles. The summed E-state index contributed by atoms with van der Waals surface area (Å²) in [5.41, 5.74) is 1.38. The van der Waals surface area contributed by atoms with E-state index in [0.29, 0.717) is 34.6 Å². The summed E-state index contributed by atoms with van der Waals surface area (Å²) in [6.07, 6.45) is -0.734. The first-order valence-corrected chi connectivity index (χ1v) is 11.4. The summed E-state index contributed by atoms with van der Waals surface area (Å²) in [6.45, 7) is 10.5. The molecule has 1 atom stereocenters. The summed E-state index contributed by atoms with van der Waals surface area (Å²) >= 11 is 12.0. The van der Waals surface area contributed by atoms with Gasteiger partial charge in [-0.05, 0) is 49.4 Å². The Kier molecular flexibility index (Phi) is 7.57. The summed E-state index contributed by atoms with van der Waals surface area (Å²) in [6, 6.07) is 12.5. The van der Waals surface area contributed by atoms with Crippen LogP contribution in [0.5, 0.6) is 5.75 Å². The molecule has 0 radical (unpaired) electrons. The third-order valence-electron chi connectivity index (χ3n) is 5.28. The molecule has 1 saturated heterocycles. The van der Waals surface area contributed by atoms with Crippen molar-refractivity contribution in [2.45, 2.75) is 33.8 Å². The standard InChI is InChI=1S/C24H29Cl2N3O3/c1-16(32-21-10-5-17(25)15-20(21)26)22(30)27-18-6-8-19(9-7-18)28-11-13-29(14-12-28)23(31)24(2,3)4/h5-10,15-16H,11-14H2,1-4H3,(H,27,30)/t16-/m0/s1. The van der Waals surface area contributed by atoms with E-state index in [4.69, 9.17) is 27.9 Å². The second-order valence-electron chi connectivity index (χ2n) is 8.90. The van der Waals surface area contributed by atoms with Crippen molar-refractivity contribution in [1.82, 2.24) is 4.90 Å². The minimum atomic E-state index is -0.734. The van der Waals surface area contributed by atoms with E-state index in [1.807, 2.05) is 49.9 Å². The van der Waals surface area contributed by atoms with Crippen LogP contribution in [0.3, 0.4) is 0 Å². The summed E-state index contributed by atoms with van der Waals surface area (Å²) in [4.78, 5) is 29.1. The van der Waals surface area contributed by atoms with Crippen molar-refractivity contribution < 1.29 is 14.3 Å². The van der Waals surface area contributed by atoms with Gasteiger partial charge in [-0.1, -0.05) is 44.0 Å². The first-order chi connectivity index (χ1) is 15.0. The van der Waals surface area contributed by atoms with E-state index in [0.717, 1.165) is 18.8 Å². The average molecular weight is 478 g/mol. The first-order valence-electron chi connectivity index (χ1n) is 10.6. The predicted octanol–water partition coefficient (Wildman–Crippen LogP) is 5.09. The number of carbonyl (C=O) groups is 2. The normalized spacial score (nSPS) is 15.3. The first kappa shape index (κ1) is 24.2. The fraction of sp³-hybridized carbons (Fsp3) is 0.417. The Bertz CT molecular complexity index is 965. The molecule has 8 heteroatoms. The van der Waals surface area contributed by atoms with Crippen molar-refractivity contribution in [2.75, 3.05) is 36.4 Å². The number of nitrogens with zero attached hydrogens (tertiary/aromatic N) is 2. The number of anilines is 2. The lowest BCUT2D eigenvalue weighted by molar-refractivity contribution is -0.139. The Morgan fingerprint density at radius 2 is 1.62 bits per heavy atom. The van der Waals surface area contributed by atoms with Crippen LogP contribution in [0.2, 0.25) is 10.0 Å². The second-order valence-corrected chi connectivity index (χ2v) is 9.74. The minimum Gasteiger partial charge on any atom is -0.479 e. The SMILES string of the molecule is C[C@H](Oc1ccc(Cl)cc1Cl)C(=O)Nc1ccc(N2CCN(C(=O)C(C)(C)C)CC2)cc1. The van der Waals surface area contributed by atoms with Gasteiger partial charge in [0, 0.05) is 48.0 Å². The zero-order valence-corrected chi connectivity index (χ0v) is 20.3. The van der Waals surface area contributed by atoms with Crippen molar-refractivity contribution >= 4 is 46.4 Å². The van der Waals surface area contributed by atoms with Crippen LogP contribution in [0.25, 0.3) is 0 Å². The number of hydrogen-bond donors (Lipinski definition) is 1. The number of rotatable bonds is 5. The summed E-state index contributed by atoms with van der Waals surface area (Å²) in [5, 5.41) is 3.71. The molecular weight excluding hydrogens is 449 g/mol. The molecular formula is C24H29Cl2N3O3. The Labute approximate surface area is 199 Å². The molecule has 1 aliphatic rings. The van der Waals surface area contributed by atoms with E-state index in [-0.39, 0.29) is 17.2 Å². The minimum absolute atomic E-state index is 0.187. The lowest BCUT2D eigenvalue weighted by Crippen LogP contribution is -2.51. The van der Waals surface area contributed by atoms with Gasteiger partial charge in [0.2, 0.25) is 5.91 Å². The van der Waals surface area contributed by atoms with Crippen LogP contribution in [-0.2, 0) is 9.59 Å². The number of ether oxygens (including phenoxy) is 1. The largest absolute Gasteiger partial charge is 0.479 e. The van der Waals surface area contributed by atoms with Crippen LogP contribution in [0.15, 0.2) is 42.5 Å². The molecule has 6 nitrogen and oxygen atoms in total. The molecule has 172 valence electrons. The van der Waals surface area contributed by atoms with Gasteiger partial charge < -0.3 is 19.9 Å². The topological polar surface area (TPSA) is 61.9 Å². The highest BCUT2D eigenvalue weighted by Gasteiger charge is 2.29. The number of halogens is 2. The van der Waals surface area contributed by atoms with Gasteiger partial charge in [0.05, 0.1) is 5.02 Å². The number of hydrogen-bond acceptors (Lipinski definition) is 4. The lowest BCUT2D eigenvalue weighted by atomic mass is 9.94. The molecule has 1 aliphatic heterocycles. The third-order valence-corrected chi connectivity index (χ3v) is 5.81. The third kappa shape index (κ3) is 6.08. The molecule has 1 heterocycles. The molecule has 3 rings (SSSR count). The quantitative estimate of drug-likeness (QED) is 0.650. The molecule has 1 fully saturated rings. The molecule has 0 unspecified atom stereocenters. The maximum Gasteiger partial charge on any atom is 0.265 e. The van der Waals surface area contributed by atoms with Crippen molar-refractivity contribution in [3.63, 3.8) is 0 Å². The Hall–Kier alpha value is -2.44. The van der Waals surface area contributed by atoms with Crippen LogP contribution >= 0.6 is 23.2 Å². The van der Waals surface area contributed by atoms with Gasteiger partial charge in [-0.15, -0.1) is 0 Å². The molecule has 0 spiro atoms. The van der Waals surface area contributed by atoms with E-state index >= 15 is 0 Å². The Morgan fingerprint density at radius 3 is 2.19 bits per heavy atom. The molecule has 0 aliphatic carbocycles. The number of benzene rings is 2. The summed E-state index contributed by atoms with van der Waals surface area (Å²) in [7, 11) is 0. The predicted molar refractivity (Wildman–Crippen MR) is 130 cm³/mol. The maximum absolute atomic E-state index is 12.5. The second kappa shape index (κ2) is 10.0. The number of amides is 2. The van der Waals surface area contributed by atoms with Crippen LogP contribution in [0.4, 0.5) is 11.4 Å². The Morgan fingerprint density at radius 1 is 1.00 bits per heavy atom. The number of nitrogens with one attached hydrogen (secondary N) is 1. The fourth-order valence-electron chi connectivity index (χ4n) is 3.46. The number of piperazine rings is 1. The van der Waals surface area contributed by atoms with Crippen molar-refractivity contribution in [3.8, 4) is 5.75 Å². The van der Waals surface area contributed by atoms with Gasteiger partial charge >= 0.3 is 0 Å². The van der Waals surface area contributed by atoms with E-state index in [2.05, 4.69) is 10.2 Å². The van der Waals surface area contributed by atoms with Gasteiger partial charge in [-0.25, -0.2) is 0 Å². The maximum atomic E-state index is 12.5. The van der Waals surface area contributed by atoms with Crippen LogP contribution < -0.4 is 15.0 Å². The van der Waals surface area contributed by atoms with Gasteiger partial charge in [0.15, 0.2) is 6.10 Å². The highest BCUT2D eigenvalue weighted by Crippen LogP contribution is 2.28. The summed E-state index contributed by atoms with van der Waals surface area (Å²) in [5.74, 6) is 0.308. The Balaban J connectivity index is 1.53. The van der Waals surface area contributed by atoms with Gasteiger partial charge in [-0.3, -0.25) is 9.59 Å². The average Bonchev–Trinajstić information content (AvgIpc) is 2.75. The van der Waals surface area contributed by atoms with Gasteiger partial charge in [-0.2, -0.15) is 0 Å². The van der Waals surface area contributed by atoms with E-state index in [9.17, 15) is 9.59 Å². The molecule has 2 aromatic rings. The highest BCUT2D eigenvalue weighted by atomic mass is 35.5. The zero-order valence-electron chi connectivity index (χ0n) is 18.8. The van der Waals surface area contributed by atoms with E-state index in [1.165, 1.54) is 0 Å². The lowest BCUT2D eigenvalue weighted by Gasteiger charge is -2.38. The van der Waals surface area contributed by atoms with Crippen LogP contribution in [0, 0.1) is 5.41 Å². The van der Waals surface area contributed by atoms with Crippen molar-refractivity contribution in [3.05, 3.63) is 52.5 Å². The van der Waals surface area contributed by atoms with Gasteiger partial charge in [0.25, 0.3) is 5.91 Å². The summed E-state index contributed by atoms with van der Waals surface area (Å²) < 4.78 is 5.66. The smallest absolute Gasteiger partial charge is 0.265 e. The molecule has 2 amide bonds. The fourth-order valence-corrected chi connectivity index (χ4v) is 3.91. The van der Waals surface area contributed by atoms with Crippen molar-refractivity contribution in [2.24, 2.45) is 5.41 Å². The molecule has 0 aromatic heterocycles. The molecule has 32 heavy (non-hydrogen) atoms. The van der Waals surface area contributed by atoms with E-state index < -0.39 is 6.10 Å². The highest BCUT2D eigenvalue weighted by molar-refractivity contribution is 6.35. The number of carbonyl (C=O) groups excluding carboxylic acids is 2. The van der Waals surface area contributed by atoms with Crippen LogP contribution in [-0.4, -0.2) is 49.0 Å². The van der Waals surface area contributed by atoms with Gasteiger partial charge in [0.1, 0.15) is 5.75 Å². The zero-order chi connectivity index (χ0) is 23.5. The molecule has 1 N–H and O–H groups in total. The molecule has 0 bridgehead atoms. The monoisotopic (exact) mass is 477 g/mol.